The van der Waals surface area contributed by atoms with E-state index in [0.717, 1.165) is 72.2 Å². The second kappa shape index (κ2) is 11.7. The number of nitrogens with one attached hydrogen (secondary N) is 2. The normalized spacial score (nSPS) is 15.2. The Morgan fingerprint density at radius 3 is 2.62 bits per heavy atom. The standard InChI is InChI=1S/C32H31N5O3/c1-22-17-35-30-10-7-23(24-15-28(20-33-18-24)40-27-5-3-2-4-6-27)16-29(30)31(22)32(38)36-25-8-9-26(34-19-25)21-37-11-13-39-14-12-37/h2-10,15-16,18-20,35H,11-14,17,21H2,1H3,(H,36,38). The van der Waals surface area contributed by atoms with Gasteiger partial charge >= 0.3 is 0 Å². The third kappa shape index (κ3) is 5.88. The minimum absolute atomic E-state index is 0.153. The smallest absolute Gasteiger partial charge is 0.256 e. The highest BCUT2D eigenvalue weighted by atomic mass is 16.5. The Morgan fingerprint density at radius 2 is 1.82 bits per heavy atom. The second-order valence-electron chi connectivity index (χ2n) is 9.97. The van der Waals surface area contributed by atoms with Crippen LogP contribution in [-0.4, -0.2) is 53.6 Å². The Labute approximate surface area is 233 Å². The van der Waals surface area contributed by atoms with Crippen molar-refractivity contribution in [3.63, 3.8) is 0 Å². The van der Waals surface area contributed by atoms with E-state index < -0.39 is 0 Å². The van der Waals surface area contributed by atoms with E-state index in [1.807, 2.05) is 73.7 Å². The van der Waals surface area contributed by atoms with E-state index in [9.17, 15) is 4.79 Å². The summed E-state index contributed by atoms with van der Waals surface area (Å²) in [5.41, 5.74) is 6.89. The molecular formula is C32H31N5O3. The van der Waals surface area contributed by atoms with Crippen LogP contribution >= 0.6 is 0 Å². The lowest BCUT2D eigenvalue weighted by Gasteiger charge is -2.26. The number of pyridine rings is 2. The summed E-state index contributed by atoms with van der Waals surface area (Å²) in [6.07, 6.45) is 5.22. The van der Waals surface area contributed by atoms with Crippen molar-refractivity contribution in [3.05, 3.63) is 102 Å². The Balaban J connectivity index is 1.20. The maximum absolute atomic E-state index is 13.6. The number of fused-ring (bicyclic) bond motifs is 1. The lowest BCUT2D eigenvalue weighted by atomic mass is 9.91. The first-order valence-corrected chi connectivity index (χ1v) is 13.5. The van der Waals surface area contributed by atoms with Crippen LogP contribution in [0.2, 0.25) is 0 Å². The van der Waals surface area contributed by atoms with E-state index >= 15 is 0 Å². The highest BCUT2D eigenvalue weighted by molar-refractivity contribution is 6.27. The second-order valence-corrected chi connectivity index (χ2v) is 9.97. The monoisotopic (exact) mass is 533 g/mol. The van der Waals surface area contributed by atoms with Crippen LogP contribution in [-0.2, 0) is 16.1 Å². The molecule has 4 aromatic rings. The molecule has 4 heterocycles. The van der Waals surface area contributed by atoms with Gasteiger partial charge < -0.3 is 20.1 Å². The molecule has 40 heavy (non-hydrogen) atoms. The van der Waals surface area contributed by atoms with Crippen LogP contribution in [0.5, 0.6) is 11.5 Å². The molecule has 2 aromatic carbocycles. The van der Waals surface area contributed by atoms with Crippen LogP contribution in [0.15, 0.2) is 90.9 Å². The summed E-state index contributed by atoms with van der Waals surface area (Å²) in [5, 5.41) is 6.48. The largest absolute Gasteiger partial charge is 0.456 e. The van der Waals surface area contributed by atoms with E-state index in [-0.39, 0.29) is 5.91 Å². The quantitative estimate of drug-likeness (QED) is 0.319. The molecule has 0 radical (unpaired) electrons. The number of hydrogen-bond donors (Lipinski definition) is 2. The Hall–Kier alpha value is -4.53. The summed E-state index contributed by atoms with van der Waals surface area (Å²) in [6.45, 7) is 6.68. The van der Waals surface area contributed by atoms with Gasteiger partial charge in [-0.1, -0.05) is 24.3 Å². The Kier molecular flexibility index (Phi) is 7.52. The summed E-state index contributed by atoms with van der Waals surface area (Å²) in [4.78, 5) is 24.9. The molecule has 0 unspecified atom stereocenters. The number of ether oxygens (including phenoxy) is 2. The molecule has 2 aromatic heterocycles. The number of benzene rings is 2. The predicted octanol–water partition coefficient (Wildman–Crippen LogP) is 5.61. The number of anilines is 2. The van der Waals surface area contributed by atoms with Gasteiger partial charge in [-0.2, -0.15) is 0 Å². The van der Waals surface area contributed by atoms with Crippen molar-refractivity contribution < 1.29 is 14.3 Å². The number of amides is 1. The van der Waals surface area contributed by atoms with Crippen molar-refractivity contribution in [1.82, 2.24) is 14.9 Å². The molecular weight excluding hydrogens is 502 g/mol. The number of carbonyl (C=O) groups excluding carboxylic acids is 1. The van der Waals surface area contributed by atoms with Crippen LogP contribution in [0.3, 0.4) is 0 Å². The van der Waals surface area contributed by atoms with E-state index in [4.69, 9.17) is 9.47 Å². The topological polar surface area (TPSA) is 88.6 Å². The SMILES string of the molecule is CC1=C(C(=O)Nc2ccc(CN3CCOCC3)nc2)c2cc(-c3cncc(Oc4ccccc4)c3)ccc2NC1. The number of aromatic nitrogens is 2. The lowest BCUT2D eigenvalue weighted by Crippen LogP contribution is -2.35. The third-order valence-corrected chi connectivity index (χ3v) is 7.08. The predicted molar refractivity (Wildman–Crippen MR) is 156 cm³/mol. The molecule has 0 saturated carbocycles. The van der Waals surface area contributed by atoms with Gasteiger partial charge in [0.1, 0.15) is 11.5 Å². The van der Waals surface area contributed by atoms with Crippen molar-refractivity contribution in [2.45, 2.75) is 13.5 Å². The van der Waals surface area contributed by atoms with Crippen LogP contribution in [0.25, 0.3) is 16.7 Å². The van der Waals surface area contributed by atoms with Gasteiger partial charge in [-0.3, -0.25) is 19.7 Å². The summed E-state index contributed by atoms with van der Waals surface area (Å²) in [6, 6.07) is 21.5. The van der Waals surface area contributed by atoms with Gasteiger partial charge in [-0.05, 0) is 60.5 Å². The minimum Gasteiger partial charge on any atom is -0.456 e. The van der Waals surface area contributed by atoms with Crippen molar-refractivity contribution >= 4 is 22.9 Å². The first-order chi connectivity index (χ1) is 19.6. The van der Waals surface area contributed by atoms with Crippen LogP contribution in [0.1, 0.15) is 18.2 Å². The molecule has 8 nitrogen and oxygen atoms in total. The number of hydrogen-bond acceptors (Lipinski definition) is 7. The van der Waals surface area contributed by atoms with E-state index in [2.05, 4.69) is 25.5 Å². The number of para-hydroxylation sites is 1. The Morgan fingerprint density at radius 1 is 0.975 bits per heavy atom. The number of rotatable bonds is 7. The molecule has 6 rings (SSSR count). The molecule has 0 spiro atoms. The highest BCUT2D eigenvalue weighted by Gasteiger charge is 2.23. The number of morpholine rings is 1. The molecule has 202 valence electrons. The third-order valence-electron chi connectivity index (χ3n) is 7.08. The average Bonchev–Trinajstić information content (AvgIpc) is 2.99. The van der Waals surface area contributed by atoms with Crippen molar-refractivity contribution in [2.75, 3.05) is 43.5 Å². The van der Waals surface area contributed by atoms with Gasteiger partial charge in [0.05, 0.1) is 37.0 Å². The Bertz CT molecular complexity index is 1530. The fourth-order valence-electron chi connectivity index (χ4n) is 4.98. The van der Waals surface area contributed by atoms with Gasteiger partial charge in [0, 0.05) is 54.8 Å². The zero-order valence-corrected chi connectivity index (χ0v) is 22.4. The molecule has 1 amide bonds. The first kappa shape index (κ1) is 25.7. The van der Waals surface area contributed by atoms with E-state index in [0.29, 0.717) is 23.6 Å². The maximum atomic E-state index is 13.6. The van der Waals surface area contributed by atoms with E-state index in [1.165, 1.54) is 0 Å². The van der Waals surface area contributed by atoms with Gasteiger partial charge in [0.25, 0.3) is 5.91 Å². The van der Waals surface area contributed by atoms with Crippen molar-refractivity contribution in [1.29, 1.82) is 0 Å². The van der Waals surface area contributed by atoms with Crippen LogP contribution in [0.4, 0.5) is 11.4 Å². The summed E-state index contributed by atoms with van der Waals surface area (Å²) >= 11 is 0. The van der Waals surface area contributed by atoms with Gasteiger partial charge in [0.2, 0.25) is 0 Å². The molecule has 0 atom stereocenters. The molecule has 0 aliphatic carbocycles. The number of carbonyl (C=O) groups is 1. The zero-order valence-electron chi connectivity index (χ0n) is 22.4. The molecule has 2 aliphatic rings. The van der Waals surface area contributed by atoms with Crippen molar-refractivity contribution in [3.8, 4) is 22.6 Å². The average molecular weight is 534 g/mol. The molecule has 2 aliphatic heterocycles. The summed E-state index contributed by atoms with van der Waals surface area (Å²) < 4.78 is 11.4. The fraction of sp³-hybridized carbons (Fsp3) is 0.219. The minimum atomic E-state index is -0.153. The zero-order chi connectivity index (χ0) is 27.3. The van der Waals surface area contributed by atoms with E-state index in [1.54, 1.807) is 18.6 Å². The lowest BCUT2D eigenvalue weighted by molar-refractivity contribution is -0.111. The molecule has 1 fully saturated rings. The molecule has 8 heteroatoms. The van der Waals surface area contributed by atoms with Crippen LogP contribution < -0.4 is 15.4 Å². The van der Waals surface area contributed by atoms with Gasteiger partial charge in [-0.15, -0.1) is 0 Å². The van der Waals surface area contributed by atoms with Crippen molar-refractivity contribution in [2.24, 2.45) is 0 Å². The van der Waals surface area contributed by atoms with Gasteiger partial charge in [0.15, 0.2) is 0 Å². The van der Waals surface area contributed by atoms with Gasteiger partial charge in [-0.25, -0.2) is 0 Å². The molecule has 0 bridgehead atoms. The fourth-order valence-corrected chi connectivity index (χ4v) is 4.98. The number of nitrogens with zero attached hydrogens (tertiary/aromatic N) is 3. The summed E-state index contributed by atoms with van der Waals surface area (Å²) in [5.74, 6) is 1.24. The molecule has 2 N–H and O–H groups in total. The first-order valence-electron chi connectivity index (χ1n) is 13.5. The highest BCUT2D eigenvalue weighted by Crippen LogP contribution is 2.36. The van der Waals surface area contributed by atoms with Crippen LogP contribution in [0, 0.1) is 0 Å². The molecule has 1 saturated heterocycles. The maximum Gasteiger partial charge on any atom is 0.256 e. The summed E-state index contributed by atoms with van der Waals surface area (Å²) in [7, 11) is 0.